The number of carbonyl (C=O) groups is 1. The van der Waals surface area contributed by atoms with E-state index in [2.05, 4.69) is 24.1 Å². The van der Waals surface area contributed by atoms with Gasteiger partial charge >= 0.3 is 0 Å². The van der Waals surface area contributed by atoms with Crippen molar-refractivity contribution in [3.63, 3.8) is 0 Å². The van der Waals surface area contributed by atoms with Crippen LogP contribution in [-0.2, 0) is 4.79 Å². The number of amides is 1. The molecule has 2 saturated heterocycles. The molecule has 2 heterocycles. The number of hydrogen-bond acceptors (Lipinski definition) is 2. The van der Waals surface area contributed by atoms with Crippen molar-refractivity contribution >= 4 is 5.91 Å². The Morgan fingerprint density at radius 3 is 2.78 bits per heavy atom. The molecule has 1 amide bonds. The van der Waals surface area contributed by atoms with Crippen molar-refractivity contribution in [2.24, 2.45) is 11.8 Å². The van der Waals surface area contributed by atoms with Crippen LogP contribution < -0.4 is 5.32 Å². The van der Waals surface area contributed by atoms with E-state index in [1.807, 2.05) is 0 Å². The molecule has 3 heteroatoms. The first kappa shape index (κ1) is 13.9. The van der Waals surface area contributed by atoms with Gasteiger partial charge in [0.15, 0.2) is 0 Å². The van der Waals surface area contributed by atoms with Gasteiger partial charge in [-0.25, -0.2) is 0 Å². The Bertz CT molecular complexity index is 280. The molecule has 2 fully saturated rings. The molecule has 3 unspecified atom stereocenters. The van der Waals surface area contributed by atoms with Gasteiger partial charge in [0, 0.05) is 19.1 Å². The van der Waals surface area contributed by atoms with Crippen LogP contribution in [0.4, 0.5) is 0 Å². The van der Waals surface area contributed by atoms with Crippen LogP contribution in [0.5, 0.6) is 0 Å². The standard InChI is InChI=1S/C15H28N2O/c1-3-5-13-6-4-10-17(11-8-13)15(18)14-7-9-16-12(14)2/h12-14,16H,3-11H2,1-2H3. The summed E-state index contributed by atoms with van der Waals surface area (Å²) in [5.41, 5.74) is 0. The molecule has 0 aliphatic carbocycles. The van der Waals surface area contributed by atoms with Gasteiger partial charge in [0.2, 0.25) is 5.91 Å². The van der Waals surface area contributed by atoms with Gasteiger partial charge < -0.3 is 10.2 Å². The van der Waals surface area contributed by atoms with Crippen molar-refractivity contribution in [2.75, 3.05) is 19.6 Å². The first-order valence-electron chi connectivity index (χ1n) is 7.74. The van der Waals surface area contributed by atoms with Crippen LogP contribution in [0.3, 0.4) is 0 Å². The highest BCUT2D eigenvalue weighted by molar-refractivity contribution is 5.80. The fraction of sp³-hybridized carbons (Fsp3) is 0.933. The second kappa shape index (κ2) is 6.55. The van der Waals surface area contributed by atoms with Crippen molar-refractivity contribution in [2.45, 2.75) is 58.4 Å². The van der Waals surface area contributed by atoms with E-state index in [4.69, 9.17) is 0 Å². The lowest BCUT2D eigenvalue weighted by atomic mass is 9.96. The molecule has 0 radical (unpaired) electrons. The van der Waals surface area contributed by atoms with E-state index in [0.29, 0.717) is 11.9 Å². The van der Waals surface area contributed by atoms with E-state index in [9.17, 15) is 4.79 Å². The van der Waals surface area contributed by atoms with Crippen LogP contribution in [0, 0.1) is 11.8 Å². The predicted molar refractivity (Wildman–Crippen MR) is 74.4 cm³/mol. The minimum absolute atomic E-state index is 0.229. The molecule has 2 aliphatic heterocycles. The maximum absolute atomic E-state index is 12.5. The monoisotopic (exact) mass is 252 g/mol. The number of carbonyl (C=O) groups excluding carboxylic acids is 1. The summed E-state index contributed by atoms with van der Waals surface area (Å²) in [6, 6.07) is 0.368. The maximum Gasteiger partial charge on any atom is 0.227 e. The van der Waals surface area contributed by atoms with Crippen LogP contribution in [0.2, 0.25) is 0 Å². The molecule has 2 rings (SSSR count). The summed E-state index contributed by atoms with van der Waals surface area (Å²) in [6.45, 7) is 7.39. The van der Waals surface area contributed by atoms with Crippen LogP contribution in [-0.4, -0.2) is 36.5 Å². The second-order valence-corrected chi connectivity index (χ2v) is 6.05. The average Bonchev–Trinajstić information content (AvgIpc) is 2.64. The summed E-state index contributed by atoms with van der Waals surface area (Å²) >= 11 is 0. The Hall–Kier alpha value is -0.570. The van der Waals surface area contributed by atoms with Gasteiger partial charge in [0.1, 0.15) is 0 Å². The van der Waals surface area contributed by atoms with Gasteiger partial charge in [-0.3, -0.25) is 4.79 Å². The summed E-state index contributed by atoms with van der Waals surface area (Å²) in [7, 11) is 0. The second-order valence-electron chi connectivity index (χ2n) is 6.05. The van der Waals surface area contributed by atoms with E-state index in [1.165, 1.54) is 32.1 Å². The fourth-order valence-corrected chi connectivity index (χ4v) is 3.51. The largest absolute Gasteiger partial charge is 0.342 e. The van der Waals surface area contributed by atoms with Crippen LogP contribution in [0.1, 0.15) is 52.4 Å². The zero-order chi connectivity index (χ0) is 13.0. The number of hydrogen-bond donors (Lipinski definition) is 1. The van der Waals surface area contributed by atoms with Gasteiger partial charge in [-0.05, 0) is 45.1 Å². The van der Waals surface area contributed by atoms with Crippen molar-refractivity contribution in [3.8, 4) is 0 Å². The van der Waals surface area contributed by atoms with Crippen molar-refractivity contribution in [3.05, 3.63) is 0 Å². The minimum atomic E-state index is 0.229. The topological polar surface area (TPSA) is 32.3 Å². The van der Waals surface area contributed by atoms with E-state index >= 15 is 0 Å². The van der Waals surface area contributed by atoms with E-state index in [0.717, 1.165) is 32.0 Å². The molecule has 0 bridgehead atoms. The number of nitrogens with zero attached hydrogens (tertiary/aromatic N) is 1. The van der Waals surface area contributed by atoms with Gasteiger partial charge in [-0.1, -0.05) is 19.8 Å². The Kier molecular flexibility index (Phi) is 5.04. The zero-order valence-corrected chi connectivity index (χ0v) is 12.0. The average molecular weight is 252 g/mol. The summed E-state index contributed by atoms with van der Waals surface area (Å²) in [4.78, 5) is 14.7. The highest BCUT2D eigenvalue weighted by Crippen LogP contribution is 2.25. The molecule has 0 aromatic rings. The molecule has 2 aliphatic rings. The predicted octanol–water partition coefficient (Wildman–Crippen LogP) is 2.41. The molecule has 0 aromatic carbocycles. The normalized spacial score (nSPS) is 33.4. The molecule has 18 heavy (non-hydrogen) atoms. The van der Waals surface area contributed by atoms with Crippen molar-refractivity contribution in [1.29, 1.82) is 0 Å². The quantitative estimate of drug-likeness (QED) is 0.836. The summed E-state index contributed by atoms with van der Waals surface area (Å²) in [5.74, 6) is 1.49. The van der Waals surface area contributed by atoms with E-state index in [1.54, 1.807) is 0 Å². The van der Waals surface area contributed by atoms with Crippen LogP contribution in [0.25, 0.3) is 0 Å². The molecule has 1 N–H and O–H groups in total. The summed E-state index contributed by atoms with van der Waals surface area (Å²) < 4.78 is 0. The molecule has 3 atom stereocenters. The third kappa shape index (κ3) is 3.25. The lowest BCUT2D eigenvalue weighted by Crippen LogP contribution is -2.40. The number of nitrogens with one attached hydrogen (secondary N) is 1. The SMILES string of the molecule is CCCC1CCCN(C(=O)C2CCNC2C)CC1. The lowest BCUT2D eigenvalue weighted by molar-refractivity contribution is -0.135. The van der Waals surface area contributed by atoms with Gasteiger partial charge in [-0.2, -0.15) is 0 Å². The molecule has 0 aromatic heterocycles. The van der Waals surface area contributed by atoms with Crippen LogP contribution in [0.15, 0.2) is 0 Å². The first-order valence-corrected chi connectivity index (χ1v) is 7.74. The molecular weight excluding hydrogens is 224 g/mol. The van der Waals surface area contributed by atoms with Crippen molar-refractivity contribution in [1.82, 2.24) is 10.2 Å². The Balaban J connectivity index is 1.87. The van der Waals surface area contributed by atoms with Gasteiger partial charge in [0.05, 0.1) is 5.92 Å². The first-order chi connectivity index (χ1) is 8.72. The zero-order valence-electron chi connectivity index (χ0n) is 12.0. The van der Waals surface area contributed by atoms with Crippen LogP contribution >= 0.6 is 0 Å². The third-order valence-corrected chi connectivity index (χ3v) is 4.70. The number of likely N-dealkylation sites (tertiary alicyclic amines) is 1. The lowest BCUT2D eigenvalue weighted by Gasteiger charge is -2.25. The highest BCUT2D eigenvalue weighted by atomic mass is 16.2. The van der Waals surface area contributed by atoms with Gasteiger partial charge in [0.25, 0.3) is 0 Å². The summed E-state index contributed by atoms with van der Waals surface area (Å²) in [6.07, 6.45) is 7.37. The minimum Gasteiger partial charge on any atom is -0.342 e. The molecule has 104 valence electrons. The molecule has 3 nitrogen and oxygen atoms in total. The van der Waals surface area contributed by atoms with E-state index in [-0.39, 0.29) is 5.92 Å². The van der Waals surface area contributed by atoms with Crippen molar-refractivity contribution < 1.29 is 4.79 Å². The smallest absolute Gasteiger partial charge is 0.227 e. The van der Waals surface area contributed by atoms with E-state index < -0.39 is 0 Å². The highest BCUT2D eigenvalue weighted by Gasteiger charge is 2.33. The molecule has 0 spiro atoms. The Morgan fingerprint density at radius 2 is 2.11 bits per heavy atom. The Morgan fingerprint density at radius 1 is 1.28 bits per heavy atom. The summed E-state index contributed by atoms with van der Waals surface area (Å²) in [5, 5.41) is 3.39. The number of rotatable bonds is 3. The molecule has 0 saturated carbocycles. The Labute approximate surface area is 111 Å². The molecular formula is C15H28N2O. The fourth-order valence-electron chi connectivity index (χ4n) is 3.51. The third-order valence-electron chi connectivity index (χ3n) is 4.70. The van der Waals surface area contributed by atoms with Gasteiger partial charge in [-0.15, -0.1) is 0 Å². The maximum atomic E-state index is 12.5.